The number of hydrogen-bond donors (Lipinski definition) is 0. The molecule has 1 aromatic heterocycles. The quantitative estimate of drug-likeness (QED) is 0.454. The van der Waals surface area contributed by atoms with Gasteiger partial charge in [-0.3, -0.25) is 4.79 Å². The first kappa shape index (κ1) is 21.3. The second-order valence-corrected chi connectivity index (χ2v) is 8.52. The van der Waals surface area contributed by atoms with E-state index in [0.717, 1.165) is 29.7 Å². The number of thiazole rings is 1. The normalized spacial score (nSPS) is 13.0. The third kappa shape index (κ3) is 5.42. The Balaban J connectivity index is 1.36. The van der Waals surface area contributed by atoms with Crippen LogP contribution < -0.4 is 4.74 Å². The van der Waals surface area contributed by atoms with Crippen molar-refractivity contribution in [1.29, 1.82) is 0 Å². The summed E-state index contributed by atoms with van der Waals surface area (Å²) in [5.41, 5.74) is 2.01. The average Bonchev–Trinajstić information content (AvgIpc) is 3.50. The summed E-state index contributed by atoms with van der Waals surface area (Å²) >= 11 is 7.34. The summed E-state index contributed by atoms with van der Waals surface area (Å²) in [7, 11) is 1.61. The first-order valence-corrected chi connectivity index (χ1v) is 11.1. The molecule has 0 atom stereocenters. The third-order valence-electron chi connectivity index (χ3n) is 4.93. The van der Waals surface area contributed by atoms with Gasteiger partial charge in [0.2, 0.25) is 0 Å². The van der Waals surface area contributed by atoms with Gasteiger partial charge in [-0.15, -0.1) is 11.3 Å². The van der Waals surface area contributed by atoms with Crippen LogP contribution >= 0.6 is 22.9 Å². The van der Waals surface area contributed by atoms with Crippen LogP contribution in [0.3, 0.4) is 0 Å². The van der Waals surface area contributed by atoms with Gasteiger partial charge in [-0.05, 0) is 42.7 Å². The molecular formula is C23H21ClN2O4S. The summed E-state index contributed by atoms with van der Waals surface area (Å²) in [6, 6.07) is 15.0. The smallest absolute Gasteiger partial charge is 0.358 e. The number of rotatable bonds is 8. The zero-order chi connectivity index (χ0) is 21.8. The SMILES string of the molecule is COc1ccc(CN(C(=O)COC(=O)c2csc(-c3cccc(Cl)c3)n2)C2CC2)cc1. The number of ether oxygens (including phenoxy) is 2. The minimum Gasteiger partial charge on any atom is -0.497 e. The van der Waals surface area contributed by atoms with E-state index in [1.54, 1.807) is 29.5 Å². The molecule has 1 fully saturated rings. The molecule has 3 aromatic rings. The van der Waals surface area contributed by atoms with Crippen LogP contribution in [0.5, 0.6) is 5.75 Å². The van der Waals surface area contributed by atoms with Crippen LogP contribution in [0.15, 0.2) is 53.9 Å². The maximum Gasteiger partial charge on any atom is 0.358 e. The molecular weight excluding hydrogens is 436 g/mol. The highest BCUT2D eigenvalue weighted by molar-refractivity contribution is 7.13. The Morgan fingerprint density at radius 2 is 1.97 bits per heavy atom. The lowest BCUT2D eigenvalue weighted by Gasteiger charge is -2.22. The minimum atomic E-state index is -0.613. The fourth-order valence-corrected chi connectivity index (χ4v) is 4.12. The lowest BCUT2D eigenvalue weighted by atomic mass is 10.2. The number of benzene rings is 2. The van der Waals surface area contributed by atoms with E-state index < -0.39 is 5.97 Å². The van der Waals surface area contributed by atoms with Crippen LogP contribution in [0.4, 0.5) is 0 Å². The molecule has 1 aliphatic carbocycles. The summed E-state index contributed by atoms with van der Waals surface area (Å²) < 4.78 is 10.4. The number of hydrogen-bond acceptors (Lipinski definition) is 6. The zero-order valence-electron chi connectivity index (χ0n) is 16.9. The van der Waals surface area contributed by atoms with E-state index in [1.165, 1.54) is 11.3 Å². The van der Waals surface area contributed by atoms with E-state index in [-0.39, 0.29) is 24.2 Å². The number of nitrogens with zero attached hydrogens (tertiary/aromatic N) is 2. The van der Waals surface area contributed by atoms with Crippen LogP contribution in [0.2, 0.25) is 5.02 Å². The van der Waals surface area contributed by atoms with E-state index in [1.807, 2.05) is 36.4 Å². The third-order valence-corrected chi connectivity index (χ3v) is 6.06. The zero-order valence-corrected chi connectivity index (χ0v) is 18.5. The molecule has 1 saturated carbocycles. The largest absolute Gasteiger partial charge is 0.497 e. The van der Waals surface area contributed by atoms with Crippen LogP contribution in [0.1, 0.15) is 28.9 Å². The molecule has 0 spiro atoms. The van der Waals surface area contributed by atoms with E-state index in [0.29, 0.717) is 16.6 Å². The first-order valence-electron chi connectivity index (χ1n) is 9.84. The van der Waals surface area contributed by atoms with Crippen molar-refractivity contribution >= 4 is 34.8 Å². The highest BCUT2D eigenvalue weighted by Gasteiger charge is 2.33. The van der Waals surface area contributed by atoms with Crippen molar-refractivity contribution in [1.82, 2.24) is 9.88 Å². The van der Waals surface area contributed by atoms with Crippen molar-refractivity contribution in [3.8, 4) is 16.3 Å². The van der Waals surface area contributed by atoms with Crippen LogP contribution in [-0.4, -0.2) is 41.5 Å². The Morgan fingerprint density at radius 3 is 2.65 bits per heavy atom. The number of aromatic nitrogens is 1. The second kappa shape index (κ2) is 9.49. The summed E-state index contributed by atoms with van der Waals surface area (Å²) in [6.45, 7) is 0.163. The van der Waals surface area contributed by atoms with Crippen LogP contribution in [-0.2, 0) is 16.1 Å². The fourth-order valence-electron chi connectivity index (χ4n) is 3.14. The monoisotopic (exact) mass is 456 g/mol. The number of esters is 1. The minimum absolute atomic E-state index is 0.181. The molecule has 31 heavy (non-hydrogen) atoms. The molecule has 8 heteroatoms. The number of methoxy groups -OCH3 is 1. The Bertz CT molecular complexity index is 1080. The standard InChI is InChI=1S/C23H21ClN2O4S/c1-29-19-9-5-15(6-10-19)12-26(18-7-8-18)21(27)13-30-23(28)20-14-31-22(25-20)16-3-2-4-17(24)11-16/h2-6,9-11,14,18H,7-8,12-13H2,1H3. The van der Waals surface area contributed by atoms with Gasteiger partial charge in [0.1, 0.15) is 10.8 Å². The topological polar surface area (TPSA) is 68.7 Å². The van der Waals surface area contributed by atoms with Gasteiger partial charge >= 0.3 is 5.97 Å². The van der Waals surface area contributed by atoms with E-state index in [9.17, 15) is 9.59 Å². The molecule has 1 heterocycles. The molecule has 2 aromatic carbocycles. The van der Waals surface area contributed by atoms with Crippen molar-refractivity contribution in [3.05, 3.63) is 70.2 Å². The lowest BCUT2D eigenvalue weighted by molar-refractivity contribution is -0.135. The second-order valence-electron chi connectivity index (χ2n) is 7.23. The maximum absolute atomic E-state index is 12.7. The molecule has 0 bridgehead atoms. The number of amides is 1. The van der Waals surface area contributed by atoms with Crippen molar-refractivity contribution in [2.45, 2.75) is 25.4 Å². The van der Waals surface area contributed by atoms with Gasteiger partial charge in [-0.25, -0.2) is 9.78 Å². The summed E-state index contributed by atoms with van der Waals surface area (Å²) in [5, 5.41) is 2.89. The molecule has 4 rings (SSSR count). The molecule has 0 unspecified atom stereocenters. The molecule has 0 aliphatic heterocycles. The van der Waals surface area contributed by atoms with Gasteiger partial charge in [0.25, 0.3) is 5.91 Å². The number of carbonyl (C=O) groups excluding carboxylic acids is 2. The first-order chi connectivity index (χ1) is 15.0. The Morgan fingerprint density at radius 1 is 1.19 bits per heavy atom. The van der Waals surface area contributed by atoms with Gasteiger partial charge in [0, 0.05) is 28.6 Å². The summed E-state index contributed by atoms with van der Waals surface area (Å²) in [6.07, 6.45) is 1.93. The Kier molecular flexibility index (Phi) is 6.53. The predicted octanol–water partition coefficient (Wildman–Crippen LogP) is 4.82. The van der Waals surface area contributed by atoms with Gasteiger partial charge in [0.15, 0.2) is 12.3 Å². The number of carbonyl (C=O) groups is 2. The van der Waals surface area contributed by atoms with Crippen molar-refractivity contribution in [2.24, 2.45) is 0 Å². The van der Waals surface area contributed by atoms with Crippen LogP contribution in [0.25, 0.3) is 10.6 Å². The van der Waals surface area contributed by atoms with Gasteiger partial charge < -0.3 is 14.4 Å². The predicted molar refractivity (Wildman–Crippen MR) is 119 cm³/mol. The molecule has 160 valence electrons. The van der Waals surface area contributed by atoms with E-state index in [4.69, 9.17) is 21.1 Å². The van der Waals surface area contributed by atoms with Gasteiger partial charge in [0.05, 0.1) is 7.11 Å². The molecule has 0 N–H and O–H groups in total. The maximum atomic E-state index is 12.7. The fraction of sp³-hybridized carbons (Fsp3) is 0.261. The average molecular weight is 457 g/mol. The van der Waals surface area contributed by atoms with Crippen molar-refractivity contribution in [3.63, 3.8) is 0 Å². The van der Waals surface area contributed by atoms with Crippen molar-refractivity contribution in [2.75, 3.05) is 13.7 Å². The highest BCUT2D eigenvalue weighted by Crippen LogP contribution is 2.29. The Hall–Kier alpha value is -2.90. The molecule has 1 amide bonds. The molecule has 6 nitrogen and oxygen atoms in total. The summed E-state index contributed by atoms with van der Waals surface area (Å²) in [4.78, 5) is 31.2. The Labute approximate surface area is 189 Å². The number of halogens is 1. The van der Waals surface area contributed by atoms with Gasteiger partial charge in [-0.1, -0.05) is 35.9 Å². The van der Waals surface area contributed by atoms with Gasteiger partial charge in [-0.2, -0.15) is 0 Å². The molecule has 1 aliphatic rings. The van der Waals surface area contributed by atoms with Crippen LogP contribution in [0, 0.1) is 0 Å². The molecule has 0 saturated heterocycles. The molecule has 0 radical (unpaired) electrons. The summed E-state index contributed by atoms with van der Waals surface area (Å²) in [5.74, 6) is -0.0579. The lowest BCUT2D eigenvalue weighted by Crippen LogP contribution is -2.36. The van der Waals surface area contributed by atoms with Crippen molar-refractivity contribution < 1.29 is 19.1 Å². The van der Waals surface area contributed by atoms with E-state index >= 15 is 0 Å². The highest BCUT2D eigenvalue weighted by atomic mass is 35.5. The van der Waals surface area contributed by atoms with E-state index in [2.05, 4.69) is 4.98 Å².